The Kier molecular flexibility index (Phi) is 4.77. The molecule has 2 N–H and O–H groups in total. The SMILES string of the molecule is NC1(c2noc(/C=C/c3ccc(SC(F)F)cc3)n2)CCCC1. The van der Waals surface area contributed by atoms with Crippen molar-refractivity contribution >= 4 is 23.9 Å². The summed E-state index contributed by atoms with van der Waals surface area (Å²) < 4.78 is 29.7. The van der Waals surface area contributed by atoms with Crippen molar-refractivity contribution in [2.24, 2.45) is 5.73 Å². The third kappa shape index (κ3) is 3.97. The number of hydrogen-bond acceptors (Lipinski definition) is 5. The lowest BCUT2D eigenvalue weighted by Crippen LogP contribution is -2.34. The van der Waals surface area contributed by atoms with Crippen molar-refractivity contribution in [3.63, 3.8) is 0 Å². The molecule has 0 atom stereocenters. The highest BCUT2D eigenvalue weighted by molar-refractivity contribution is 7.99. The van der Waals surface area contributed by atoms with E-state index in [9.17, 15) is 8.78 Å². The first-order chi connectivity index (χ1) is 11.0. The van der Waals surface area contributed by atoms with E-state index in [0.717, 1.165) is 31.2 Å². The zero-order valence-corrected chi connectivity index (χ0v) is 13.2. The van der Waals surface area contributed by atoms with E-state index >= 15 is 0 Å². The fourth-order valence-corrected chi connectivity index (χ4v) is 3.16. The van der Waals surface area contributed by atoms with Crippen molar-refractivity contribution in [3.8, 4) is 0 Å². The number of rotatable bonds is 5. The van der Waals surface area contributed by atoms with Gasteiger partial charge in [-0.25, -0.2) is 0 Å². The van der Waals surface area contributed by atoms with Crippen LogP contribution in [0.1, 0.15) is 43.0 Å². The molecule has 1 aromatic heterocycles. The number of nitrogens with two attached hydrogens (primary N) is 1. The van der Waals surface area contributed by atoms with Crippen molar-refractivity contribution in [2.75, 3.05) is 0 Å². The number of alkyl halides is 2. The first kappa shape index (κ1) is 16.1. The lowest BCUT2D eigenvalue weighted by Gasteiger charge is -2.17. The van der Waals surface area contributed by atoms with Gasteiger partial charge in [-0.2, -0.15) is 13.8 Å². The molecule has 1 aromatic carbocycles. The summed E-state index contributed by atoms with van der Waals surface area (Å²) in [5.41, 5.74) is 6.68. The van der Waals surface area contributed by atoms with Gasteiger partial charge < -0.3 is 10.3 Å². The number of benzene rings is 1. The predicted molar refractivity (Wildman–Crippen MR) is 85.9 cm³/mol. The predicted octanol–water partition coefficient (Wildman–Crippen LogP) is 4.28. The minimum atomic E-state index is -2.41. The molecule has 3 rings (SSSR count). The van der Waals surface area contributed by atoms with Gasteiger partial charge in [0.15, 0.2) is 5.82 Å². The third-order valence-corrected chi connectivity index (χ3v) is 4.63. The average molecular weight is 337 g/mol. The molecule has 0 unspecified atom stereocenters. The van der Waals surface area contributed by atoms with E-state index in [4.69, 9.17) is 10.3 Å². The van der Waals surface area contributed by atoms with Crippen LogP contribution < -0.4 is 5.73 Å². The topological polar surface area (TPSA) is 64.9 Å². The van der Waals surface area contributed by atoms with Gasteiger partial charge in [-0.05, 0) is 36.6 Å². The molecule has 4 nitrogen and oxygen atoms in total. The summed E-state index contributed by atoms with van der Waals surface area (Å²) in [7, 11) is 0. The zero-order chi connectivity index (χ0) is 16.3. The summed E-state index contributed by atoms with van der Waals surface area (Å²) in [6.07, 6.45) is 7.41. The van der Waals surface area contributed by atoms with Gasteiger partial charge in [-0.1, -0.05) is 41.9 Å². The van der Waals surface area contributed by atoms with Crippen LogP contribution in [0.25, 0.3) is 12.2 Å². The second kappa shape index (κ2) is 6.80. The summed E-state index contributed by atoms with van der Waals surface area (Å²) in [4.78, 5) is 4.87. The number of thioether (sulfide) groups is 1. The average Bonchev–Trinajstić information content (AvgIpc) is 3.16. The molecule has 122 valence electrons. The first-order valence-electron chi connectivity index (χ1n) is 7.41. The van der Waals surface area contributed by atoms with Crippen LogP contribution in [0.15, 0.2) is 33.7 Å². The fraction of sp³-hybridized carbons (Fsp3) is 0.375. The van der Waals surface area contributed by atoms with Crippen LogP contribution in [0.5, 0.6) is 0 Å². The van der Waals surface area contributed by atoms with Gasteiger partial charge in [0.05, 0.1) is 5.54 Å². The molecule has 0 saturated heterocycles. The van der Waals surface area contributed by atoms with Crippen molar-refractivity contribution in [3.05, 3.63) is 41.5 Å². The lowest BCUT2D eigenvalue weighted by atomic mass is 9.99. The van der Waals surface area contributed by atoms with E-state index in [1.54, 1.807) is 36.4 Å². The zero-order valence-electron chi connectivity index (χ0n) is 12.4. The lowest BCUT2D eigenvalue weighted by molar-refractivity contribution is 0.252. The molecular formula is C16H17F2N3OS. The standard InChI is InChI=1S/C16H17F2N3OS/c17-15(18)23-12-6-3-11(4-7-12)5-8-13-20-14(21-22-13)16(19)9-1-2-10-16/h3-8,15H,1-2,9-10,19H2/b8-5+. The number of halogens is 2. The van der Waals surface area contributed by atoms with Crippen LogP contribution in [0.2, 0.25) is 0 Å². The Labute approximate surface area is 137 Å². The van der Waals surface area contributed by atoms with Gasteiger partial charge in [-0.3, -0.25) is 0 Å². The Hall–Kier alpha value is -1.73. The maximum Gasteiger partial charge on any atom is 0.288 e. The molecule has 7 heteroatoms. The normalized spacial score (nSPS) is 17.4. The Morgan fingerprint density at radius 2 is 1.87 bits per heavy atom. The Bertz CT molecular complexity index is 679. The second-order valence-electron chi connectivity index (χ2n) is 5.60. The van der Waals surface area contributed by atoms with Gasteiger partial charge >= 0.3 is 0 Å². The molecular weight excluding hydrogens is 320 g/mol. The third-order valence-electron chi connectivity index (χ3n) is 3.91. The minimum absolute atomic E-state index is 0.391. The van der Waals surface area contributed by atoms with E-state index in [0.29, 0.717) is 28.4 Å². The van der Waals surface area contributed by atoms with Crippen LogP contribution in [0.4, 0.5) is 8.78 Å². The molecule has 1 heterocycles. The quantitative estimate of drug-likeness (QED) is 0.825. The Morgan fingerprint density at radius 3 is 2.52 bits per heavy atom. The summed E-state index contributed by atoms with van der Waals surface area (Å²) in [6.45, 7) is 0. The highest BCUT2D eigenvalue weighted by atomic mass is 32.2. The molecule has 0 spiro atoms. The molecule has 0 radical (unpaired) electrons. The monoisotopic (exact) mass is 337 g/mol. The molecule has 2 aromatic rings. The van der Waals surface area contributed by atoms with Gasteiger partial charge in [0.1, 0.15) is 0 Å². The van der Waals surface area contributed by atoms with Crippen molar-refractivity contribution in [1.29, 1.82) is 0 Å². The van der Waals surface area contributed by atoms with E-state index in [-0.39, 0.29) is 0 Å². The second-order valence-corrected chi connectivity index (χ2v) is 6.66. The van der Waals surface area contributed by atoms with E-state index in [1.165, 1.54) is 0 Å². The summed E-state index contributed by atoms with van der Waals surface area (Å²) in [6, 6.07) is 6.84. The summed E-state index contributed by atoms with van der Waals surface area (Å²) in [5.74, 6) is -1.46. The molecule has 1 saturated carbocycles. The fourth-order valence-electron chi connectivity index (χ4n) is 2.66. The van der Waals surface area contributed by atoms with Crippen LogP contribution in [-0.4, -0.2) is 15.9 Å². The summed E-state index contributed by atoms with van der Waals surface area (Å²) in [5, 5.41) is 3.98. The van der Waals surface area contributed by atoms with Gasteiger partial charge in [-0.15, -0.1) is 0 Å². The van der Waals surface area contributed by atoms with Gasteiger partial charge in [0.25, 0.3) is 11.6 Å². The molecule has 1 aliphatic carbocycles. The van der Waals surface area contributed by atoms with Crippen LogP contribution in [0, 0.1) is 0 Å². The number of hydrogen-bond donors (Lipinski definition) is 1. The highest BCUT2D eigenvalue weighted by Gasteiger charge is 2.35. The van der Waals surface area contributed by atoms with Crippen molar-refractivity contribution < 1.29 is 13.3 Å². The molecule has 0 aliphatic heterocycles. The van der Waals surface area contributed by atoms with Crippen molar-refractivity contribution in [2.45, 2.75) is 41.9 Å². The first-order valence-corrected chi connectivity index (χ1v) is 8.29. The smallest absolute Gasteiger partial charge is 0.288 e. The Balaban J connectivity index is 1.67. The molecule has 1 fully saturated rings. The largest absolute Gasteiger partial charge is 0.335 e. The van der Waals surface area contributed by atoms with Crippen molar-refractivity contribution in [1.82, 2.24) is 10.1 Å². The molecule has 0 bridgehead atoms. The molecule has 23 heavy (non-hydrogen) atoms. The van der Waals surface area contributed by atoms with Crippen LogP contribution >= 0.6 is 11.8 Å². The molecule has 0 amide bonds. The van der Waals surface area contributed by atoms with Crippen LogP contribution in [0.3, 0.4) is 0 Å². The Morgan fingerprint density at radius 1 is 1.17 bits per heavy atom. The molecule has 1 aliphatic rings. The minimum Gasteiger partial charge on any atom is -0.335 e. The van der Waals surface area contributed by atoms with E-state index in [1.807, 2.05) is 0 Å². The van der Waals surface area contributed by atoms with Crippen LogP contribution in [-0.2, 0) is 5.54 Å². The summed E-state index contributed by atoms with van der Waals surface area (Å²) >= 11 is 0.526. The van der Waals surface area contributed by atoms with Gasteiger partial charge in [0.2, 0.25) is 0 Å². The highest BCUT2D eigenvalue weighted by Crippen LogP contribution is 2.34. The maximum atomic E-state index is 12.3. The number of aromatic nitrogens is 2. The van der Waals surface area contributed by atoms with E-state index in [2.05, 4.69) is 10.1 Å². The number of nitrogens with zero attached hydrogens (tertiary/aromatic N) is 2. The van der Waals surface area contributed by atoms with Gasteiger partial charge in [0, 0.05) is 11.0 Å². The maximum absolute atomic E-state index is 12.3. The van der Waals surface area contributed by atoms with E-state index < -0.39 is 11.3 Å².